The van der Waals surface area contributed by atoms with Gasteiger partial charge in [0.25, 0.3) is 0 Å². The lowest BCUT2D eigenvalue weighted by atomic mass is 10.0. The summed E-state index contributed by atoms with van der Waals surface area (Å²) in [7, 11) is 0. The average molecular weight is 423 g/mol. The Bertz CT molecular complexity index is 1040. The number of hydrogen-bond donors (Lipinski definition) is 5. The normalized spacial score (nSPS) is 17.1. The van der Waals surface area contributed by atoms with Gasteiger partial charge in [-0.2, -0.15) is 0 Å². The molecule has 0 saturated carbocycles. The minimum absolute atomic E-state index is 0.0698. The summed E-state index contributed by atoms with van der Waals surface area (Å²) in [4.78, 5) is 16.6. The largest absolute Gasteiger partial charge is 0.404 e. The van der Waals surface area contributed by atoms with E-state index >= 15 is 0 Å². The molecule has 0 fully saturated rings. The van der Waals surface area contributed by atoms with Crippen LogP contribution in [0.15, 0.2) is 59.9 Å². The summed E-state index contributed by atoms with van der Waals surface area (Å²) in [6.07, 6.45) is 4.36. The van der Waals surface area contributed by atoms with Crippen LogP contribution in [0.4, 0.5) is 14.9 Å². The number of urea groups is 1. The second-order valence-corrected chi connectivity index (χ2v) is 7.39. The second kappa shape index (κ2) is 9.80. The summed E-state index contributed by atoms with van der Waals surface area (Å²) in [6.45, 7) is 4.17. The zero-order valence-electron chi connectivity index (χ0n) is 17.5. The number of hydrogen-bond acceptors (Lipinski definition) is 5. The summed E-state index contributed by atoms with van der Waals surface area (Å²) < 4.78 is 14.6. The smallest absolute Gasteiger partial charge is 0.319 e. The third kappa shape index (κ3) is 5.22. The van der Waals surface area contributed by atoms with Gasteiger partial charge in [0.05, 0.1) is 11.7 Å². The molecule has 2 aromatic rings. The molecular formula is C23H27FN6O. The van der Waals surface area contributed by atoms with E-state index in [4.69, 9.17) is 11.5 Å². The number of allylic oxidation sites excluding steroid dienone is 1. The Morgan fingerprint density at radius 1 is 1.26 bits per heavy atom. The Morgan fingerprint density at radius 2 is 2.03 bits per heavy atom. The fourth-order valence-electron chi connectivity index (χ4n) is 3.32. The van der Waals surface area contributed by atoms with Gasteiger partial charge in [-0.25, -0.2) is 9.18 Å². The fourth-order valence-corrected chi connectivity index (χ4v) is 3.32. The Hall–Kier alpha value is -3.81. The van der Waals surface area contributed by atoms with Crippen LogP contribution < -0.4 is 27.4 Å². The molecule has 1 aliphatic rings. The van der Waals surface area contributed by atoms with Crippen molar-refractivity contribution in [2.75, 3.05) is 11.9 Å². The van der Waals surface area contributed by atoms with Crippen LogP contribution in [0, 0.1) is 5.82 Å². The van der Waals surface area contributed by atoms with Gasteiger partial charge in [0.1, 0.15) is 5.82 Å². The maximum atomic E-state index is 14.6. The van der Waals surface area contributed by atoms with Crippen molar-refractivity contribution in [3.05, 3.63) is 77.4 Å². The number of nitrogens with one attached hydrogen (secondary N) is 3. The van der Waals surface area contributed by atoms with E-state index in [1.807, 2.05) is 38.1 Å². The first-order chi connectivity index (χ1) is 14.9. The number of carbonyl (C=O) groups excluding carboxylic acids is 1. The Morgan fingerprint density at radius 3 is 2.71 bits per heavy atom. The van der Waals surface area contributed by atoms with E-state index < -0.39 is 11.8 Å². The molecule has 8 heteroatoms. The third-order valence-electron chi connectivity index (χ3n) is 4.82. The van der Waals surface area contributed by atoms with E-state index in [1.165, 1.54) is 18.5 Å². The number of rotatable bonds is 6. The molecule has 1 unspecified atom stereocenters. The third-order valence-corrected chi connectivity index (χ3v) is 4.82. The first kappa shape index (κ1) is 21.9. The van der Waals surface area contributed by atoms with Crippen LogP contribution in [0.5, 0.6) is 0 Å². The van der Waals surface area contributed by atoms with E-state index in [9.17, 15) is 9.18 Å². The molecule has 0 bridgehead atoms. The molecular weight excluding hydrogens is 395 g/mol. The van der Waals surface area contributed by atoms with Gasteiger partial charge >= 0.3 is 6.03 Å². The molecule has 2 aromatic carbocycles. The number of halogens is 1. The summed E-state index contributed by atoms with van der Waals surface area (Å²) in [6, 6.07) is 11.8. The minimum Gasteiger partial charge on any atom is -0.404 e. The van der Waals surface area contributed by atoms with Crippen molar-refractivity contribution in [2.45, 2.75) is 25.9 Å². The van der Waals surface area contributed by atoms with E-state index in [-0.39, 0.29) is 12.1 Å². The molecule has 0 radical (unpaired) electrons. The van der Waals surface area contributed by atoms with Crippen molar-refractivity contribution < 1.29 is 9.18 Å². The van der Waals surface area contributed by atoms with Gasteiger partial charge in [-0.15, -0.1) is 0 Å². The molecule has 0 aromatic heterocycles. The Kier molecular flexibility index (Phi) is 6.92. The topological polar surface area (TPSA) is 118 Å². The van der Waals surface area contributed by atoms with Crippen LogP contribution in [-0.2, 0) is 0 Å². The zero-order chi connectivity index (χ0) is 22.4. The van der Waals surface area contributed by atoms with Gasteiger partial charge in [0.15, 0.2) is 0 Å². The number of benzene rings is 2. The summed E-state index contributed by atoms with van der Waals surface area (Å²) in [5.41, 5.74) is 15.3. The van der Waals surface area contributed by atoms with Gasteiger partial charge in [0.2, 0.25) is 0 Å². The highest BCUT2D eigenvalue weighted by molar-refractivity contribution is 6.09. The van der Waals surface area contributed by atoms with Crippen LogP contribution in [0.1, 0.15) is 36.6 Å². The number of nitrogens with two attached hydrogens (primary N) is 2. The van der Waals surface area contributed by atoms with Crippen molar-refractivity contribution in [1.29, 1.82) is 0 Å². The van der Waals surface area contributed by atoms with Crippen molar-refractivity contribution in [2.24, 2.45) is 16.5 Å². The van der Waals surface area contributed by atoms with Gasteiger partial charge < -0.3 is 27.4 Å². The highest BCUT2D eigenvalue weighted by Gasteiger charge is 2.25. The maximum absolute atomic E-state index is 14.6. The maximum Gasteiger partial charge on any atom is 0.319 e. The predicted molar refractivity (Wildman–Crippen MR) is 124 cm³/mol. The number of carbonyl (C=O) groups is 1. The number of fused-ring (bicyclic) bond motifs is 1. The van der Waals surface area contributed by atoms with Gasteiger partial charge in [-0.3, -0.25) is 4.99 Å². The quantitative estimate of drug-likeness (QED) is 0.459. The SMILES string of the molecule is CC(C)N=CC(=CN)c1ccc(NC(=O)NCC2N/C(=C\N)c3ccccc32)cc1F. The van der Waals surface area contributed by atoms with E-state index in [2.05, 4.69) is 20.9 Å². The summed E-state index contributed by atoms with van der Waals surface area (Å²) in [5.74, 6) is -0.506. The monoisotopic (exact) mass is 422 g/mol. The molecule has 1 heterocycles. The molecule has 0 spiro atoms. The van der Waals surface area contributed by atoms with Crippen LogP contribution in [0.25, 0.3) is 11.3 Å². The summed E-state index contributed by atoms with van der Waals surface area (Å²) in [5, 5.41) is 8.74. The Labute approximate surface area is 181 Å². The lowest BCUT2D eigenvalue weighted by Gasteiger charge is -2.15. The zero-order valence-corrected chi connectivity index (χ0v) is 17.5. The minimum atomic E-state index is -0.506. The Balaban J connectivity index is 1.62. The molecule has 1 atom stereocenters. The highest BCUT2D eigenvalue weighted by atomic mass is 19.1. The van der Waals surface area contributed by atoms with Crippen LogP contribution >= 0.6 is 0 Å². The number of anilines is 1. The van der Waals surface area contributed by atoms with Crippen LogP contribution in [0.2, 0.25) is 0 Å². The number of aliphatic imine (C=N–C) groups is 1. The lowest BCUT2D eigenvalue weighted by Crippen LogP contribution is -2.35. The fraction of sp³-hybridized carbons (Fsp3) is 0.217. The summed E-state index contributed by atoms with van der Waals surface area (Å²) >= 11 is 0. The van der Waals surface area contributed by atoms with Crippen molar-refractivity contribution in [1.82, 2.24) is 10.6 Å². The van der Waals surface area contributed by atoms with Crippen molar-refractivity contribution in [3.8, 4) is 0 Å². The van der Waals surface area contributed by atoms with Crippen LogP contribution in [-0.4, -0.2) is 24.8 Å². The first-order valence-electron chi connectivity index (χ1n) is 10.0. The lowest BCUT2D eigenvalue weighted by molar-refractivity contribution is 0.251. The standard InChI is InChI=1S/C23H27FN6O/c1-14(2)27-12-15(10-25)17-8-7-16(9-20(17)24)29-23(31)28-13-22-19-6-4-3-5-18(19)21(11-26)30-22/h3-12,14,22,30H,13,25-26H2,1-2H3,(H2,28,29,31)/b15-10?,21-11-,27-12?. The van der Waals surface area contributed by atoms with E-state index in [0.29, 0.717) is 23.4 Å². The second-order valence-electron chi connectivity index (χ2n) is 7.39. The van der Waals surface area contributed by atoms with Gasteiger partial charge in [-0.1, -0.05) is 24.3 Å². The molecule has 7 nitrogen and oxygen atoms in total. The van der Waals surface area contributed by atoms with Gasteiger partial charge in [0, 0.05) is 53.6 Å². The molecule has 3 rings (SSSR count). The molecule has 7 N–H and O–H groups in total. The first-order valence-corrected chi connectivity index (χ1v) is 10.0. The molecule has 1 aliphatic heterocycles. The molecule has 2 amide bonds. The molecule has 162 valence electrons. The predicted octanol–water partition coefficient (Wildman–Crippen LogP) is 3.33. The van der Waals surface area contributed by atoms with Crippen LogP contribution in [0.3, 0.4) is 0 Å². The molecule has 0 saturated heterocycles. The number of nitrogens with zero attached hydrogens (tertiary/aromatic N) is 1. The number of amides is 2. The van der Waals surface area contributed by atoms with Crippen molar-refractivity contribution in [3.63, 3.8) is 0 Å². The molecule has 31 heavy (non-hydrogen) atoms. The highest BCUT2D eigenvalue weighted by Crippen LogP contribution is 2.31. The van der Waals surface area contributed by atoms with Gasteiger partial charge in [-0.05, 0) is 37.6 Å². The van der Waals surface area contributed by atoms with E-state index in [1.54, 1.807) is 18.3 Å². The van der Waals surface area contributed by atoms with E-state index in [0.717, 1.165) is 16.8 Å². The molecule has 0 aliphatic carbocycles. The average Bonchev–Trinajstić information content (AvgIpc) is 3.11. The van der Waals surface area contributed by atoms with Crippen molar-refractivity contribution >= 4 is 29.2 Å².